The second kappa shape index (κ2) is 11.7. The monoisotopic (exact) mass is 303 g/mol. The summed E-state index contributed by atoms with van der Waals surface area (Å²) in [6.45, 7) is 0. The number of hydrogen-bond acceptors (Lipinski definition) is 6. The van der Waals surface area contributed by atoms with Crippen molar-refractivity contribution >= 4 is 15.2 Å². The summed E-state index contributed by atoms with van der Waals surface area (Å²) >= 11 is 0. The summed E-state index contributed by atoms with van der Waals surface area (Å²) in [5, 5.41) is 0. The van der Waals surface area contributed by atoms with Crippen molar-refractivity contribution in [3.8, 4) is 0 Å². The van der Waals surface area contributed by atoms with E-state index in [1.54, 1.807) is 0 Å². The van der Waals surface area contributed by atoms with Gasteiger partial charge in [0.2, 0.25) is 0 Å². The molecular weight excluding hydrogens is 285 g/mol. The van der Waals surface area contributed by atoms with E-state index >= 15 is 0 Å². The van der Waals surface area contributed by atoms with E-state index in [1.165, 1.54) is 0 Å². The van der Waals surface area contributed by atoms with Crippen LogP contribution in [0, 0.1) is 0 Å². The molecule has 10 nitrogen and oxygen atoms in total. The second-order valence-corrected chi connectivity index (χ2v) is 5.26. The van der Waals surface area contributed by atoms with Gasteiger partial charge in [-0.1, -0.05) is 0 Å². The van der Waals surface area contributed by atoms with Crippen LogP contribution < -0.4 is 24.6 Å². The molecule has 0 atom stereocenters. The van der Waals surface area contributed by atoms with Gasteiger partial charge in [0.15, 0.2) is 5.90 Å². The second-order valence-electron chi connectivity index (χ2n) is 1.47. The molecule has 0 unspecified atom stereocenters. The van der Waals surface area contributed by atoms with E-state index in [4.69, 9.17) is 19.6 Å². The Balaban J connectivity index is -0.0000000320. The van der Waals surface area contributed by atoms with Crippen LogP contribution in [0.2, 0.25) is 0 Å². The van der Waals surface area contributed by atoms with Crippen LogP contribution in [0.15, 0.2) is 0 Å². The average Bonchev–Trinajstić information content (AvgIpc) is 1.14. The maximum Gasteiger partial charge on any atom is 0.337 e. The zero-order valence-corrected chi connectivity index (χ0v) is 10.2. The van der Waals surface area contributed by atoms with Gasteiger partial charge in [-0.15, -0.1) is 0 Å². The van der Waals surface area contributed by atoms with Gasteiger partial charge >= 0.3 is 15.2 Å². The van der Waals surface area contributed by atoms with Crippen molar-refractivity contribution in [2.24, 2.45) is 0 Å². The molecule has 0 aliphatic rings. The molecule has 0 saturated carbocycles. The quantitative estimate of drug-likeness (QED) is 0.315. The topological polar surface area (TPSA) is 255 Å². The maximum atomic E-state index is 9.85. The standard InChI is InChI=1S/CH6O6P2.Co.4H3N/c2-8(3,4)1-9(5,6)7;;;;;/h1H2,(H2,2,3,4)(H2,5,6,7);;4*1H3. The Hall–Kier alpha value is 0.646. The molecular formula is CH18CoN4O6P2. The van der Waals surface area contributed by atoms with Crippen LogP contribution in [-0.4, -0.2) is 25.5 Å². The first-order valence-corrected chi connectivity index (χ1v) is 5.39. The molecule has 0 rings (SSSR count). The third kappa shape index (κ3) is 38.8. The van der Waals surface area contributed by atoms with Gasteiger partial charge in [-0.25, -0.2) is 0 Å². The minimum Gasteiger partial charge on any atom is -0.344 e. The summed E-state index contributed by atoms with van der Waals surface area (Å²) in [7, 11) is -9.10. The molecule has 0 aromatic rings. The van der Waals surface area contributed by atoms with Crippen molar-refractivity contribution in [3.63, 3.8) is 0 Å². The molecule has 0 aliphatic heterocycles. The van der Waals surface area contributed by atoms with Gasteiger partial charge in [-0.3, -0.25) is 9.13 Å². The summed E-state index contributed by atoms with van der Waals surface area (Å²) in [5.41, 5.74) is 0. The molecule has 0 fully saturated rings. The van der Waals surface area contributed by atoms with Crippen molar-refractivity contribution < 1.29 is 45.5 Å². The predicted molar refractivity (Wildman–Crippen MR) is 49.0 cm³/mol. The number of rotatable bonds is 2. The predicted octanol–water partition coefficient (Wildman–Crippen LogP) is -0.0552. The fourth-order valence-electron chi connectivity index (χ4n) is 0.240. The summed E-state index contributed by atoms with van der Waals surface area (Å²) in [6.07, 6.45) is 0. The van der Waals surface area contributed by atoms with Crippen LogP contribution in [0.4, 0.5) is 0 Å². The first-order chi connectivity index (χ1) is 3.71. The molecule has 97 valence electrons. The molecule has 14 heavy (non-hydrogen) atoms. The van der Waals surface area contributed by atoms with Crippen LogP contribution in [-0.2, 0) is 25.9 Å². The summed E-state index contributed by atoms with van der Waals surface area (Å²) in [4.78, 5) is 31.9. The van der Waals surface area contributed by atoms with E-state index in [2.05, 4.69) is 0 Å². The van der Waals surface area contributed by atoms with Crippen molar-refractivity contribution in [1.29, 1.82) is 0 Å². The van der Waals surface area contributed by atoms with E-state index in [0.29, 0.717) is 0 Å². The van der Waals surface area contributed by atoms with Crippen LogP contribution in [0.25, 0.3) is 0 Å². The van der Waals surface area contributed by atoms with Crippen LogP contribution >= 0.6 is 15.2 Å². The fourth-order valence-corrected chi connectivity index (χ4v) is 2.16. The van der Waals surface area contributed by atoms with Gasteiger partial charge in [0, 0.05) is 16.8 Å². The zero-order chi connectivity index (χ0) is 7.71. The Bertz CT molecular complexity index is 168. The Labute approximate surface area is 91.7 Å². The van der Waals surface area contributed by atoms with Crippen molar-refractivity contribution in [1.82, 2.24) is 24.6 Å². The first-order valence-electron chi connectivity index (χ1n) is 1.80. The summed E-state index contributed by atoms with van der Waals surface area (Å²) < 4.78 is 19.7. The SMILES string of the molecule is N.N.N.N.O=P(O)(O)CP(=O)(O)O.[Co]. The molecule has 0 saturated heterocycles. The van der Waals surface area contributed by atoms with Gasteiger partial charge in [-0.2, -0.15) is 0 Å². The summed E-state index contributed by atoms with van der Waals surface area (Å²) in [5.74, 6) is -1.38. The molecule has 0 amide bonds. The zero-order valence-electron chi connectivity index (χ0n) is 7.37. The molecule has 16 N–H and O–H groups in total. The Morgan fingerprint density at radius 2 is 0.857 bits per heavy atom. The van der Waals surface area contributed by atoms with E-state index in [0.717, 1.165) is 0 Å². The average molecular weight is 303 g/mol. The van der Waals surface area contributed by atoms with E-state index in [1.807, 2.05) is 0 Å². The number of hydrogen-bond donors (Lipinski definition) is 8. The first kappa shape index (κ1) is 36.5. The van der Waals surface area contributed by atoms with Crippen molar-refractivity contribution in [3.05, 3.63) is 0 Å². The minimum absolute atomic E-state index is 0. The van der Waals surface area contributed by atoms with Gasteiger partial charge in [0.1, 0.15) is 0 Å². The summed E-state index contributed by atoms with van der Waals surface area (Å²) in [6, 6.07) is 0. The largest absolute Gasteiger partial charge is 0.344 e. The molecule has 0 heterocycles. The Morgan fingerprint density at radius 1 is 0.714 bits per heavy atom. The van der Waals surface area contributed by atoms with Crippen LogP contribution in [0.3, 0.4) is 0 Å². The van der Waals surface area contributed by atoms with Gasteiger partial charge < -0.3 is 44.2 Å². The minimum atomic E-state index is -4.55. The normalized spacial score (nSPS) is 8.86. The molecule has 0 bridgehead atoms. The third-order valence-corrected chi connectivity index (χ3v) is 3.32. The van der Waals surface area contributed by atoms with Crippen molar-refractivity contribution in [2.75, 3.05) is 5.90 Å². The van der Waals surface area contributed by atoms with Crippen LogP contribution in [0.1, 0.15) is 0 Å². The van der Waals surface area contributed by atoms with Gasteiger partial charge in [-0.05, 0) is 0 Å². The van der Waals surface area contributed by atoms with E-state index < -0.39 is 21.1 Å². The van der Waals surface area contributed by atoms with Crippen molar-refractivity contribution in [2.45, 2.75) is 0 Å². The Morgan fingerprint density at radius 3 is 0.857 bits per heavy atom. The van der Waals surface area contributed by atoms with Gasteiger partial charge in [0.25, 0.3) is 0 Å². The van der Waals surface area contributed by atoms with Crippen LogP contribution in [0.5, 0.6) is 0 Å². The molecule has 0 aromatic heterocycles. The smallest absolute Gasteiger partial charge is 0.337 e. The molecule has 0 aliphatic carbocycles. The molecule has 1 radical (unpaired) electrons. The molecule has 13 heteroatoms. The molecule has 0 spiro atoms. The van der Waals surface area contributed by atoms with Gasteiger partial charge in [0.05, 0.1) is 0 Å². The van der Waals surface area contributed by atoms with E-state index in [9.17, 15) is 9.13 Å². The fraction of sp³-hybridized carbons (Fsp3) is 1.00. The third-order valence-electron chi connectivity index (χ3n) is 0.368. The van der Waals surface area contributed by atoms with E-state index in [-0.39, 0.29) is 41.4 Å². The Kier molecular flexibility index (Phi) is 30.5. The molecule has 0 aromatic carbocycles. The maximum absolute atomic E-state index is 9.85.